The van der Waals surface area contributed by atoms with Gasteiger partial charge in [-0.3, -0.25) is 0 Å². The quantitative estimate of drug-likeness (QED) is 0.446. The van der Waals surface area contributed by atoms with Gasteiger partial charge in [0.25, 0.3) is 0 Å². The monoisotopic (exact) mass is 278 g/mol. The molecule has 0 saturated heterocycles. The van der Waals surface area contributed by atoms with Crippen LogP contribution in [0.3, 0.4) is 0 Å². The van der Waals surface area contributed by atoms with Crippen LogP contribution in [0.5, 0.6) is 0 Å². The molecule has 0 bridgehead atoms. The molecule has 0 fully saturated rings. The number of hydrogen-bond donors (Lipinski definition) is 0. The van der Waals surface area contributed by atoms with Gasteiger partial charge >= 0.3 is 18.3 Å². The first-order valence-electron chi connectivity index (χ1n) is 4.85. The fourth-order valence-electron chi connectivity index (χ4n) is 0.781. The van der Waals surface area contributed by atoms with E-state index >= 15 is 0 Å². The highest BCUT2D eigenvalue weighted by Crippen LogP contribution is 2.50. The Morgan fingerprint density at radius 3 is 1.78 bits per heavy atom. The van der Waals surface area contributed by atoms with E-state index in [1.807, 2.05) is 0 Å². The first-order valence-corrected chi connectivity index (χ1v) is 4.85. The minimum absolute atomic E-state index is 0.0605. The second-order valence-electron chi connectivity index (χ2n) is 3.86. The lowest BCUT2D eigenvalue weighted by Gasteiger charge is -2.33. The molecule has 0 atom stereocenters. The van der Waals surface area contributed by atoms with E-state index in [1.165, 1.54) is 6.92 Å². The SMILES string of the molecule is C=C(CC)C(=O)OCC(C)(C(F)(F)F)C(F)(F)F. The van der Waals surface area contributed by atoms with Crippen molar-refractivity contribution in [3.8, 4) is 0 Å². The largest absolute Gasteiger partial charge is 0.461 e. The zero-order valence-electron chi connectivity index (χ0n) is 9.71. The first-order chi connectivity index (χ1) is 7.87. The molecule has 2 nitrogen and oxygen atoms in total. The van der Waals surface area contributed by atoms with E-state index in [1.54, 1.807) is 0 Å². The van der Waals surface area contributed by atoms with Crippen molar-refractivity contribution in [1.82, 2.24) is 0 Å². The highest BCUT2D eigenvalue weighted by molar-refractivity contribution is 5.87. The van der Waals surface area contributed by atoms with Gasteiger partial charge < -0.3 is 4.74 Å². The average Bonchev–Trinajstić information content (AvgIpc) is 2.20. The Hall–Kier alpha value is -1.21. The highest BCUT2D eigenvalue weighted by Gasteiger charge is 2.68. The van der Waals surface area contributed by atoms with Crippen LogP contribution >= 0.6 is 0 Å². The third kappa shape index (κ3) is 3.39. The Labute approximate surface area is 99.6 Å². The lowest BCUT2D eigenvalue weighted by Crippen LogP contribution is -2.51. The van der Waals surface area contributed by atoms with Crippen molar-refractivity contribution < 1.29 is 35.9 Å². The maximum atomic E-state index is 12.4. The van der Waals surface area contributed by atoms with Crippen LogP contribution in [0.4, 0.5) is 26.3 Å². The van der Waals surface area contributed by atoms with E-state index in [0.717, 1.165) is 0 Å². The normalized spacial score (nSPS) is 13.3. The summed E-state index contributed by atoms with van der Waals surface area (Å²) in [5.74, 6) is -1.27. The number of ether oxygens (including phenoxy) is 1. The molecular formula is C10H12F6O2. The van der Waals surface area contributed by atoms with E-state index < -0.39 is 30.3 Å². The predicted molar refractivity (Wildman–Crippen MR) is 50.6 cm³/mol. The van der Waals surface area contributed by atoms with E-state index in [9.17, 15) is 31.1 Å². The molecule has 0 aliphatic heterocycles. The minimum Gasteiger partial charge on any atom is -0.461 e. The van der Waals surface area contributed by atoms with Crippen LogP contribution in [0.15, 0.2) is 12.2 Å². The van der Waals surface area contributed by atoms with Crippen molar-refractivity contribution in [3.05, 3.63) is 12.2 Å². The van der Waals surface area contributed by atoms with Crippen molar-refractivity contribution in [2.45, 2.75) is 32.6 Å². The van der Waals surface area contributed by atoms with Gasteiger partial charge in [0.1, 0.15) is 6.61 Å². The topological polar surface area (TPSA) is 26.3 Å². The summed E-state index contributed by atoms with van der Waals surface area (Å²) < 4.78 is 78.4. The molecule has 0 heterocycles. The molecule has 0 aromatic rings. The maximum Gasteiger partial charge on any atom is 0.406 e. The molecule has 0 amide bonds. The van der Waals surface area contributed by atoms with Crippen molar-refractivity contribution in [3.63, 3.8) is 0 Å². The van der Waals surface area contributed by atoms with Gasteiger partial charge in [0, 0.05) is 5.57 Å². The number of carbonyl (C=O) groups is 1. The van der Waals surface area contributed by atoms with Crippen molar-refractivity contribution >= 4 is 5.97 Å². The van der Waals surface area contributed by atoms with E-state index in [4.69, 9.17) is 0 Å². The van der Waals surface area contributed by atoms with Gasteiger partial charge in [0.05, 0.1) is 0 Å². The number of hydrogen-bond acceptors (Lipinski definition) is 2. The molecule has 0 rings (SSSR count). The van der Waals surface area contributed by atoms with Crippen molar-refractivity contribution in [2.75, 3.05) is 6.61 Å². The molecule has 0 saturated carbocycles. The standard InChI is InChI=1S/C10H12F6O2/c1-4-6(2)7(17)18-5-8(3,9(11,12)13)10(14,15)16/h2,4-5H2,1,3H3. The summed E-state index contributed by atoms with van der Waals surface area (Å²) in [7, 11) is 0. The van der Waals surface area contributed by atoms with Crippen LogP contribution in [0.25, 0.3) is 0 Å². The highest BCUT2D eigenvalue weighted by atomic mass is 19.4. The number of carbonyl (C=O) groups excluding carboxylic acids is 1. The third-order valence-electron chi connectivity index (χ3n) is 2.46. The lowest BCUT2D eigenvalue weighted by atomic mass is 9.90. The van der Waals surface area contributed by atoms with Gasteiger partial charge in [0.2, 0.25) is 0 Å². The minimum atomic E-state index is -5.57. The van der Waals surface area contributed by atoms with Crippen molar-refractivity contribution in [1.29, 1.82) is 0 Å². The molecule has 0 spiro atoms. The van der Waals surface area contributed by atoms with Crippen LogP contribution in [-0.4, -0.2) is 24.9 Å². The Kier molecular flexibility index (Phi) is 4.84. The molecule has 0 aliphatic rings. The summed E-state index contributed by atoms with van der Waals surface area (Å²) in [5.41, 5.74) is -4.29. The molecule has 106 valence electrons. The molecule has 18 heavy (non-hydrogen) atoms. The Morgan fingerprint density at radius 2 is 1.50 bits per heavy atom. The Morgan fingerprint density at radius 1 is 1.11 bits per heavy atom. The number of esters is 1. The fraction of sp³-hybridized carbons (Fsp3) is 0.700. The van der Waals surface area contributed by atoms with Crippen LogP contribution in [0.2, 0.25) is 0 Å². The first kappa shape index (κ1) is 16.8. The van der Waals surface area contributed by atoms with Crippen LogP contribution in [0, 0.1) is 5.41 Å². The Balaban J connectivity index is 4.98. The summed E-state index contributed by atoms with van der Waals surface area (Å²) in [6, 6.07) is 0. The molecular weight excluding hydrogens is 266 g/mol. The van der Waals surface area contributed by atoms with Gasteiger partial charge in [-0.15, -0.1) is 0 Å². The summed E-state index contributed by atoms with van der Waals surface area (Å²) in [4.78, 5) is 11.0. The molecule has 0 aromatic heterocycles. The van der Waals surface area contributed by atoms with Gasteiger partial charge in [-0.1, -0.05) is 13.5 Å². The summed E-state index contributed by atoms with van der Waals surface area (Å²) in [5, 5.41) is 0. The average molecular weight is 278 g/mol. The maximum absolute atomic E-state index is 12.4. The smallest absolute Gasteiger partial charge is 0.406 e. The predicted octanol–water partition coefficient (Wildman–Crippen LogP) is 3.63. The molecule has 8 heteroatoms. The second kappa shape index (κ2) is 5.19. The van der Waals surface area contributed by atoms with Gasteiger partial charge in [0.15, 0.2) is 5.41 Å². The van der Waals surface area contributed by atoms with E-state index in [0.29, 0.717) is 0 Å². The Bertz CT molecular complexity index is 314. The van der Waals surface area contributed by atoms with Crippen LogP contribution in [-0.2, 0) is 9.53 Å². The molecule has 0 unspecified atom stereocenters. The second-order valence-corrected chi connectivity index (χ2v) is 3.86. The van der Waals surface area contributed by atoms with Crippen LogP contribution < -0.4 is 0 Å². The number of halogens is 6. The fourth-order valence-corrected chi connectivity index (χ4v) is 0.781. The van der Waals surface area contributed by atoms with Gasteiger partial charge in [-0.05, 0) is 13.3 Å². The zero-order valence-corrected chi connectivity index (χ0v) is 9.71. The van der Waals surface area contributed by atoms with Crippen molar-refractivity contribution in [2.24, 2.45) is 5.41 Å². The molecule has 0 N–H and O–H groups in total. The summed E-state index contributed by atoms with van der Waals surface area (Å²) in [6.07, 6.45) is -11.1. The molecule has 0 aliphatic carbocycles. The molecule has 0 radical (unpaired) electrons. The lowest BCUT2D eigenvalue weighted by molar-refractivity contribution is -0.342. The van der Waals surface area contributed by atoms with E-state index in [2.05, 4.69) is 11.3 Å². The van der Waals surface area contributed by atoms with Gasteiger partial charge in [-0.25, -0.2) is 4.79 Å². The summed E-state index contributed by atoms with van der Waals surface area (Å²) in [6.45, 7) is 2.75. The van der Waals surface area contributed by atoms with Crippen LogP contribution in [0.1, 0.15) is 20.3 Å². The van der Waals surface area contributed by atoms with Gasteiger partial charge in [-0.2, -0.15) is 26.3 Å². The summed E-state index contributed by atoms with van der Waals surface area (Å²) >= 11 is 0. The number of rotatable bonds is 4. The molecule has 0 aromatic carbocycles. The van der Waals surface area contributed by atoms with E-state index in [-0.39, 0.29) is 18.9 Å². The third-order valence-corrected chi connectivity index (χ3v) is 2.46. The zero-order chi connectivity index (χ0) is 14.8. The number of alkyl halides is 6.